The first-order valence-electron chi connectivity index (χ1n) is 7.61. The zero-order valence-corrected chi connectivity index (χ0v) is 13.6. The lowest BCUT2D eigenvalue weighted by Gasteiger charge is -2.38. The highest BCUT2D eigenvalue weighted by atomic mass is 35.5. The van der Waals surface area contributed by atoms with Gasteiger partial charge in [0, 0.05) is 43.4 Å². The third-order valence-corrected chi connectivity index (χ3v) is 4.58. The highest BCUT2D eigenvalue weighted by molar-refractivity contribution is 6.30. The zero-order chi connectivity index (χ0) is 16.4. The van der Waals surface area contributed by atoms with Gasteiger partial charge in [-0.1, -0.05) is 23.7 Å². The van der Waals surface area contributed by atoms with E-state index < -0.39 is 0 Å². The first-order chi connectivity index (χ1) is 11.0. The average Bonchev–Trinajstić information content (AvgIpc) is 3.01. The van der Waals surface area contributed by atoms with Crippen LogP contribution in [0.4, 0.5) is 0 Å². The second-order valence-corrected chi connectivity index (χ2v) is 6.15. The molecular formula is C16H19ClN4O2. The molecule has 1 saturated heterocycles. The van der Waals surface area contributed by atoms with Gasteiger partial charge in [0.25, 0.3) is 5.91 Å². The molecule has 122 valence electrons. The van der Waals surface area contributed by atoms with Gasteiger partial charge < -0.3 is 14.9 Å². The first-order valence-corrected chi connectivity index (χ1v) is 7.99. The summed E-state index contributed by atoms with van der Waals surface area (Å²) >= 11 is 5.93. The predicted molar refractivity (Wildman–Crippen MR) is 88.8 cm³/mol. The number of benzene rings is 1. The molecular weight excluding hydrogens is 316 g/mol. The van der Waals surface area contributed by atoms with E-state index in [0.29, 0.717) is 18.8 Å². The number of H-pyrrole nitrogens is 2. The molecule has 1 aliphatic rings. The fraction of sp³-hybridized carbons (Fsp3) is 0.375. The smallest absolute Gasteiger partial charge is 0.323 e. The molecule has 1 fully saturated rings. The molecule has 6 nitrogen and oxygen atoms in total. The minimum absolute atomic E-state index is 0.137. The van der Waals surface area contributed by atoms with Crippen molar-refractivity contribution < 1.29 is 4.79 Å². The van der Waals surface area contributed by atoms with Crippen LogP contribution in [0.3, 0.4) is 0 Å². The quantitative estimate of drug-likeness (QED) is 0.900. The second kappa shape index (κ2) is 6.60. The van der Waals surface area contributed by atoms with Crippen LogP contribution in [-0.2, 0) is 0 Å². The Morgan fingerprint density at radius 3 is 2.39 bits per heavy atom. The molecule has 0 spiro atoms. The van der Waals surface area contributed by atoms with Crippen LogP contribution in [0.1, 0.15) is 29.0 Å². The Morgan fingerprint density at radius 2 is 1.83 bits per heavy atom. The molecule has 1 aliphatic heterocycles. The number of carbonyl (C=O) groups is 1. The Morgan fingerprint density at radius 1 is 1.17 bits per heavy atom. The van der Waals surface area contributed by atoms with E-state index in [4.69, 9.17) is 11.6 Å². The molecule has 0 aliphatic carbocycles. The van der Waals surface area contributed by atoms with Gasteiger partial charge in [-0.15, -0.1) is 0 Å². The van der Waals surface area contributed by atoms with Gasteiger partial charge in [-0.3, -0.25) is 9.69 Å². The van der Waals surface area contributed by atoms with Crippen LogP contribution in [0.15, 0.2) is 35.3 Å². The summed E-state index contributed by atoms with van der Waals surface area (Å²) in [5.41, 5.74) is 1.17. The van der Waals surface area contributed by atoms with Crippen LogP contribution in [0, 0.1) is 0 Å². The second-order valence-electron chi connectivity index (χ2n) is 5.71. The van der Waals surface area contributed by atoms with Crippen LogP contribution < -0.4 is 5.69 Å². The van der Waals surface area contributed by atoms with Crippen molar-refractivity contribution in [2.45, 2.75) is 13.0 Å². The number of aromatic nitrogens is 2. The van der Waals surface area contributed by atoms with Crippen molar-refractivity contribution in [1.29, 1.82) is 0 Å². The number of rotatable bonds is 3. The maximum absolute atomic E-state index is 12.3. The molecule has 1 unspecified atom stereocenters. The lowest BCUT2D eigenvalue weighted by Crippen LogP contribution is -2.49. The normalized spacial score (nSPS) is 17.2. The van der Waals surface area contributed by atoms with Gasteiger partial charge in [0.05, 0.1) is 0 Å². The van der Waals surface area contributed by atoms with Gasteiger partial charge in [0.15, 0.2) is 0 Å². The number of aromatic amines is 2. The number of hydrogen-bond donors (Lipinski definition) is 2. The third-order valence-electron chi connectivity index (χ3n) is 4.33. The van der Waals surface area contributed by atoms with Crippen molar-refractivity contribution in [2.24, 2.45) is 0 Å². The standard InChI is InChI=1S/C16H19ClN4O2/c1-11(12-2-4-13(17)5-3-12)20-6-8-21(9-7-20)15(22)14-10-18-16(23)19-14/h2-5,10-11H,6-9H2,1H3,(H2,18,19,23). The van der Waals surface area contributed by atoms with Gasteiger partial charge in [0.1, 0.15) is 5.69 Å². The van der Waals surface area contributed by atoms with Gasteiger partial charge in [-0.2, -0.15) is 0 Å². The van der Waals surface area contributed by atoms with Crippen molar-refractivity contribution in [1.82, 2.24) is 19.8 Å². The monoisotopic (exact) mass is 334 g/mol. The number of hydrogen-bond acceptors (Lipinski definition) is 3. The number of carbonyl (C=O) groups excluding carboxylic acids is 1. The van der Waals surface area contributed by atoms with E-state index in [-0.39, 0.29) is 17.6 Å². The van der Waals surface area contributed by atoms with Crippen molar-refractivity contribution in [2.75, 3.05) is 26.2 Å². The summed E-state index contributed by atoms with van der Waals surface area (Å²) in [5.74, 6) is -0.137. The number of imidazole rings is 1. The Balaban J connectivity index is 1.60. The highest BCUT2D eigenvalue weighted by Crippen LogP contribution is 2.23. The topological polar surface area (TPSA) is 72.2 Å². The summed E-state index contributed by atoms with van der Waals surface area (Å²) in [6.45, 7) is 5.03. The SMILES string of the molecule is CC(c1ccc(Cl)cc1)N1CCN(C(=O)c2c[nH]c(=O)[nH]2)CC1. The van der Waals surface area contributed by atoms with Gasteiger partial charge in [0.2, 0.25) is 0 Å². The molecule has 0 bridgehead atoms. The fourth-order valence-electron chi connectivity index (χ4n) is 2.88. The minimum Gasteiger partial charge on any atom is -0.335 e. The molecule has 23 heavy (non-hydrogen) atoms. The molecule has 7 heteroatoms. The zero-order valence-electron chi connectivity index (χ0n) is 12.9. The first kappa shape index (κ1) is 15.8. The number of amides is 1. The summed E-state index contributed by atoms with van der Waals surface area (Å²) < 4.78 is 0. The van der Waals surface area contributed by atoms with E-state index in [0.717, 1.165) is 18.1 Å². The summed E-state index contributed by atoms with van der Waals surface area (Å²) in [6, 6.07) is 8.14. The van der Waals surface area contributed by atoms with E-state index in [1.54, 1.807) is 4.90 Å². The maximum atomic E-state index is 12.3. The third kappa shape index (κ3) is 3.48. The Labute approximate surface area is 139 Å². The molecule has 0 radical (unpaired) electrons. The van der Waals surface area contributed by atoms with E-state index in [1.807, 2.05) is 24.3 Å². The summed E-state index contributed by atoms with van der Waals surface area (Å²) in [7, 11) is 0. The Bertz CT molecular complexity index is 729. The summed E-state index contributed by atoms with van der Waals surface area (Å²) in [5, 5.41) is 0.733. The van der Waals surface area contributed by atoms with E-state index in [1.165, 1.54) is 11.8 Å². The molecule has 0 saturated carbocycles. The minimum atomic E-state index is -0.358. The van der Waals surface area contributed by atoms with Crippen LogP contribution in [0.5, 0.6) is 0 Å². The van der Waals surface area contributed by atoms with E-state index in [2.05, 4.69) is 21.8 Å². The van der Waals surface area contributed by atoms with Gasteiger partial charge in [-0.05, 0) is 24.6 Å². The van der Waals surface area contributed by atoms with Crippen LogP contribution in [0.2, 0.25) is 5.02 Å². The molecule has 1 amide bonds. The fourth-order valence-corrected chi connectivity index (χ4v) is 3.01. The molecule has 2 N–H and O–H groups in total. The largest absolute Gasteiger partial charge is 0.335 e. The van der Waals surface area contributed by atoms with Crippen LogP contribution in [-0.4, -0.2) is 51.9 Å². The van der Waals surface area contributed by atoms with Gasteiger partial charge in [-0.25, -0.2) is 4.79 Å². The average molecular weight is 335 g/mol. The number of nitrogens with zero attached hydrogens (tertiary/aromatic N) is 2. The molecule has 1 aromatic heterocycles. The lowest BCUT2D eigenvalue weighted by atomic mass is 10.1. The predicted octanol–water partition coefficient (Wildman–Crippen LogP) is 1.88. The molecule has 2 aromatic rings. The van der Waals surface area contributed by atoms with Crippen molar-refractivity contribution >= 4 is 17.5 Å². The number of halogens is 1. The lowest BCUT2D eigenvalue weighted by molar-refractivity contribution is 0.0577. The van der Waals surface area contributed by atoms with E-state index in [9.17, 15) is 9.59 Å². The molecule has 1 atom stereocenters. The number of piperazine rings is 1. The number of nitrogens with one attached hydrogen (secondary N) is 2. The van der Waals surface area contributed by atoms with Crippen molar-refractivity contribution in [3.8, 4) is 0 Å². The van der Waals surface area contributed by atoms with E-state index >= 15 is 0 Å². The van der Waals surface area contributed by atoms with Gasteiger partial charge >= 0.3 is 5.69 Å². The summed E-state index contributed by atoms with van der Waals surface area (Å²) in [4.78, 5) is 32.5. The van der Waals surface area contributed by atoms with Crippen LogP contribution in [0.25, 0.3) is 0 Å². The van der Waals surface area contributed by atoms with Crippen molar-refractivity contribution in [3.05, 3.63) is 57.2 Å². The van der Waals surface area contributed by atoms with Crippen LogP contribution >= 0.6 is 11.6 Å². The maximum Gasteiger partial charge on any atom is 0.323 e. The molecule has 1 aromatic carbocycles. The highest BCUT2D eigenvalue weighted by Gasteiger charge is 2.26. The Hall–Kier alpha value is -2.05. The Kier molecular flexibility index (Phi) is 4.54. The molecule has 2 heterocycles. The summed E-state index contributed by atoms with van der Waals surface area (Å²) in [6.07, 6.45) is 1.42. The van der Waals surface area contributed by atoms with Crippen molar-refractivity contribution in [3.63, 3.8) is 0 Å². The molecule has 3 rings (SSSR count).